The molecule has 0 aromatic carbocycles. The van der Waals surface area contributed by atoms with E-state index in [9.17, 15) is 4.57 Å². The third-order valence-corrected chi connectivity index (χ3v) is 2.38. The molecule has 1 unspecified atom stereocenters. The van der Waals surface area contributed by atoms with Crippen molar-refractivity contribution in [2.75, 3.05) is 6.61 Å². The van der Waals surface area contributed by atoms with Crippen molar-refractivity contribution in [1.82, 2.24) is 0 Å². The van der Waals surface area contributed by atoms with Gasteiger partial charge in [-0.15, -0.1) is 0 Å². The molecule has 0 saturated heterocycles. The van der Waals surface area contributed by atoms with Crippen LogP contribution >= 0.6 is 32.2 Å². The van der Waals surface area contributed by atoms with E-state index in [0.29, 0.717) is 6.61 Å². The van der Waals surface area contributed by atoms with Gasteiger partial charge in [0.05, 0.1) is 6.61 Å². The van der Waals surface area contributed by atoms with Crippen LogP contribution in [0.1, 0.15) is 26.2 Å². The summed E-state index contributed by atoms with van der Waals surface area (Å²) in [7, 11) is 0. The molecule has 0 N–H and O–H groups in total. The molecule has 0 rings (SSSR count). The van der Waals surface area contributed by atoms with Crippen molar-refractivity contribution in [2.45, 2.75) is 26.2 Å². The van der Waals surface area contributed by atoms with Crippen molar-refractivity contribution >= 4 is 32.2 Å². The van der Waals surface area contributed by atoms with Crippen LogP contribution in [0.3, 0.4) is 0 Å². The summed E-state index contributed by atoms with van der Waals surface area (Å²) in [5.41, 5.74) is -2.92. The first-order valence-corrected chi connectivity index (χ1v) is 7.75. The van der Waals surface area contributed by atoms with E-state index in [4.69, 9.17) is 15.8 Å². The van der Waals surface area contributed by atoms with Gasteiger partial charge in [0.2, 0.25) is 0 Å². The molecule has 0 heterocycles. The molecule has 0 aliphatic rings. The SMILES string of the molecule is CCCCCOP(=O)(Cl)Br. The van der Waals surface area contributed by atoms with Gasteiger partial charge in [-0.3, -0.25) is 4.57 Å². The van der Waals surface area contributed by atoms with Crippen LogP contribution in [0.15, 0.2) is 0 Å². The smallest absolute Gasteiger partial charge is 0.310 e. The number of rotatable bonds is 5. The highest BCUT2D eigenvalue weighted by molar-refractivity contribution is 9.42. The first-order valence-electron chi connectivity index (χ1n) is 3.20. The van der Waals surface area contributed by atoms with Crippen LogP contribution < -0.4 is 0 Å². The van der Waals surface area contributed by atoms with Crippen molar-refractivity contribution in [2.24, 2.45) is 0 Å². The molecular weight excluding hydrogens is 238 g/mol. The fraction of sp³-hybridized carbons (Fsp3) is 1.00. The van der Waals surface area contributed by atoms with E-state index in [0.717, 1.165) is 19.3 Å². The van der Waals surface area contributed by atoms with Crippen LogP contribution in [0.2, 0.25) is 0 Å². The van der Waals surface area contributed by atoms with Gasteiger partial charge in [-0.2, -0.15) is 0 Å². The van der Waals surface area contributed by atoms with Gasteiger partial charge in [0, 0.05) is 15.5 Å². The average Bonchev–Trinajstić information content (AvgIpc) is 1.78. The summed E-state index contributed by atoms with van der Waals surface area (Å²) >= 11 is 7.99. The zero-order valence-electron chi connectivity index (χ0n) is 5.85. The fourth-order valence-corrected chi connectivity index (χ4v) is 1.51. The van der Waals surface area contributed by atoms with Gasteiger partial charge in [-0.1, -0.05) is 19.8 Å². The predicted octanol–water partition coefficient (Wildman–Crippen LogP) is 3.94. The van der Waals surface area contributed by atoms with Crippen LogP contribution in [-0.2, 0) is 9.09 Å². The Morgan fingerprint density at radius 3 is 2.60 bits per heavy atom. The molecule has 0 aromatic rings. The monoisotopic (exact) mass is 248 g/mol. The summed E-state index contributed by atoms with van der Waals surface area (Å²) in [5.74, 6) is 0. The lowest BCUT2D eigenvalue weighted by molar-refractivity contribution is 0.323. The van der Waals surface area contributed by atoms with Crippen molar-refractivity contribution < 1.29 is 9.09 Å². The number of halogens is 2. The quantitative estimate of drug-likeness (QED) is 0.545. The summed E-state index contributed by atoms with van der Waals surface area (Å²) in [5, 5.41) is 0. The predicted molar refractivity (Wildman–Crippen MR) is 47.9 cm³/mol. The Balaban J connectivity index is 3.13. The van der Waals surface area contributed by atoms with Crippen molar-refractivity contribution in [3.63, 3.8) is 0 Å². The maximum Gasteiger partial charge on any atom is 0.353 e. The zero-order chi connectivity index (χ0) is 8.04. The molecule has 0 fully saturated rings. The third-order valence-electron chi connectivity index (χ3n) is 0.989. The first-order chi connectivity index (χ1) is 4.56. The Morgan fingerprint density at radius 2 is 2.20 bits per heavy atom. The second kappa shape index (κ2) is 5.59. The van der Waals surface area contributed by atoms with Gasteiger partial charge in [-0.05, 0) is 17.7 Å². The number of unbranched alkanes of at least 4 members (excludes halogenated alkanes) is 2. The minimum atomic E-state index is -2.92. The molecule has 0 bridgehead atoms. The molecule has 0 spiro atoms. The lowest BCUT2D eigenvalue weighted by Crippen LogP contribution is -1.85. The van der Waals surface area contributed by atoms with Crippen LogP contribution in [0.25, 0.3) is 0 Å². The molecule has 5 heteroatoms. The van der Waals surface area contributed by atoms with Crippen LogP contribution in [0, 0.1) is 0 Å². The zero-order valence-corrected chi connectivity index (χ0v) is 9.08. The molecule has 1 atom stereocenters. The van der Waals surface area contributed by atoms with E-state index in [1.165, 1.54) is 0 Å². The molecule has 10 heavy (non-hydrogen) atoms. The Bertz CT molecular complexity index is 125. The summed E-state index contributed by atoms with van der Waals surface area (Å²) in [6.45, 7) is 2.56. The molecule has 0 amide bonds. The lowest BCUT2D eigenvalue weighted by atomic mass is 10.3. The van der Waals surface area contributed by atoms with Gasteiger partial charge >= 0.3 is 5.42 Å². The largest absolute Gasteiger partial charge is 0.353 e. The summed E-state index contributed by atoms with van der Waals surface area (Å²) in [6.07, 6.45) is 3.13. The molecule has 0 radical (unpaired) electrons. The van der Waals surface area contributed by atoms with Gasteiger partial charge in [-0.25, -0.2) is 0 Å². The van der Waals surface area contributed by atoms with E-state index in [1.807, 2.05) is 0 Å². The molecule has 0 aliphatic heterocycles. The Labute approximate surface area is 74.3 Å². The second-order valence-corrected chi connectivity index (χ2v) is 8.40. The Hall–Kier alpha value is 0.960. The first kappa shape index (κ1) is 11.0. The molecule has 0 saturated carbocycles. The minimum absolute atomic E-state index is 0.472. The van der Waals surface area contributed by atoms with Crippen molar-refractivity contribution in [1.29, 1.82) is 0 Å². The fourth-order valence-electron chi connectivity index (χ4n) is 0.523. The Morgan fingerprint density at radius 1 is 1.60 bits per heavy atom. The maximum atomic E-state index is 10.6. The topological polar surface area (TPSA) is 26.3 Å². The standard InChI is InChI=1S/C5H11BrClO2P/c1-2-3-4-5-9-10(6,7)8/h2-5H2,1H3. The highest BCUT2D eigenvalue weighted by Crippen LogP contribution is 2.60. The molecule has 0 aromatic heterocycles. The molecular formula is C5H11BrClO2P. The summed E-state index contributed by atoms with van der Waals surface area (Å²) in [4.78, 5) is 0. The second-order valence-electron chi connectivity index (χ2n) is 1.95. The maximum absolute atomic E-state index is 10.6. The minimum Gasteiger partial charge on any atom is -0.310 e. The normalized spacial score (nSPS) is 16.7. The van der Waals surface area contributed by atoms with E-state index in [2.05, 4.69) is 22.4 Å². The Kier molecular flexibility index (Phi) is 6.13. The van der Waals surface area contributed by atoms with E-state index in [-0.39, 0.29) is 0 Å². The van der Waals surface area contributed by atoms with Gasteiger partial charge < -0.3 is 4.52 Å². The highest BCUT2D eigenvalue weighted by Gasteiger charge is 2.11. The van der Waals surface area contributed by atoms with Gasteiger partial charge in [0.25, 0.3) is 0 Å². The lowest BCUT2D eigenvalue weighted by Gasteiger charge is -2.02. The molecule has 2 nitrogen and oxygen atoms in total. The highest BCUT2D eigenvalue weighted by atomic mass is 79.9. The van der Waals surface area contributed by atoms with Gasteiger partial charge in [0.15, 0.2) is 0 Å². The molecule has 0 aliphatic carbocycles. The number of hydrogen-bond acceptors (Lipinski definition) is 2. The number of hydrogen-bond donors (Lipinski definition) is 0. The van der Waals surface area contributed by atoms with Crippen molar-refractivity contribution in [3.8, 4) is 0 Å². The average molecular weight is 249 g/mol. The third kappa shape index (κ3) is 8.96. The summed E-state index contributed by atoms with van der Waals surface area (Å²) < 4.78 is 15.4. The van der Waals surface area contributed by atoms with E-state index >= 15 is 0 Å². The van der Waals surface area contributed by atoms with E-state index in [1.54, 1.807) is 0 Å². The van der Waals surface area contributed by atoms with Crippen molar-refractivity contribution in [3.05, 3.63) is 0 Å². The van der Waals surface area contributed by atoms with Gasteiger partial charge in [0.1, 0.15) is 0 Å². The van der Waals surface area contributed by atoms with Crippen LogP contribution in [0.5, 0.6) is 0 Å². The van der Waals surface area contributed by atoms with E-state index < -0.39 is 5.42 Å². The molecule has 62 valence electrons. The summed E-state index contributed by atoms with van der Waals surface area (Å²) in [6, 6.07) is 0. The van der Waals surface area contributed by atoms with Crippen LogP contribution in [-0.4, -0.2) is 6.61 Å². The van der Waals surface area contributed by atoms with Crippen LogP contribution in [0.4, 0.5) is 0 Å².